The first-order valence-electron chi connectivity index (χ1n) is 5.59. The zero-order chi connectivity index (χ0) is 11.7. The van der Waals surface area contributed by atoms with Gasteiger partial charge in [-0.25, -0.2) is 0 Å². The molecule has 4 heteroatoms. The van der Waals surface area contributed by atoms with Gasteiger partial charge in [0.05, 0.1) is 13.2 Å². The Balaban J connectivity index is 4.15. The van der Waals surface area contributed by atoms with Crippen molar-refractivity contribution in [2.45, 2.75) is 19.9 Å². The van der Waals surface area contributed by atoms with Crippen LogP contribution in [-0.4, -0.2) is 58.0 Å². The molecular formula is C11H26N2O2. The normalized spacial score (nSPS) is 13.8. The average Bonchev–Trinajstić information content (AvgIpc) is 2.21. The average molecular weight is 218 g/mol. The second-order valence-corrected chi connectivity index (χ2v) is 4.07. The number of rotatable bonds is 9. The Labute approximate surface area is 93.7 Å². The molecule has 0 spiro atoms. The molecule has 0 aliphatic carbocycles. The van der Waals surface area contributed by atoms with Gasteiger partial charge in [-0.3, -0.25) is 4.90 Å². The van der Waals surface area contributed by atoms with Gasteiger partial charge in [-0.05, 0) is 5.92 Å². The van der Waals surface area contributed by atoms with Gasteiger partial charge >= 0.3 is 0 Å². The van der Waals surface area contributed by atoms with Crippen LogP contribution in [0.1, 0.15) is 13.8 Å². The summed E-state index contributed by atoms with van der Waals surface area (Å²) in [5.74, 6) is 0.559. The first kappa shape index (κ1) is 14.8. The lowest BCUT2D eigenvalue weighted by molar-refractivity contribution is 0.0745. The molecule has 0 rings (SSSR count). The highest BCUT2D eigenvalue weighted by Gasteiger charge is 2.19. The molecule has 0 saturated heterocycles. The van der Waals surface area contributed by atoms with Crippen LogP contribution >= 0.6 is 0 Å². The highest BCUT2D eigenvalue weighted by molar-refractivity contribution is 4.75. The van der Waals surface area contributed by atoms with Crippen LogP contribution in [0.4, 0.5) is 0 Å². The summed E-state index contributed by atoms with van der Waals surface area (Å²) in [4.78, 5) is 2.34. The van der Waals surface area contributed by atoms with Crippen LogP contribution in [0, 0.1) is 5.92 Å². The SMILES string of the molecule is COCCN(CCOC)C(CN)C(C)C. The number of nitrogens with two attached hydrogens (primary N) is 1. The molecule has 1 atom stereocenters. The molecule has 0 fully saturated rings. The Morgan fingerprint density at radius 2 is 1.53 bits per heavy atom. The third kappa shape index (κ3) is 6.10. The highest BCUT2D eigenvalue weighted by Crippen LogP contribution is 2.09. The van der Waals surface area contributed by atoms with Crippen molar-refractivity contribution in [3.63, 3.8) is 0 Å². The summed E-state index contributed by atoms with van der Waals surface area (Å²) in [6, 6.07) is 0.412. The van der Waals surface area contributed by atoms with Crippen LogP contribution in [0.3, 0.4) is 0 Å². The van der Waals surface area contributed by atoms with Gasteiger partial charge in [0, 0.05) is 39.9 Å². The van der Waals surface area contributed by atoms with Crippen molar-refractivity contribution in [1.82, 2.24) is 4.90 Å². The van der Waals surface area contributed by atoms with E-state index in [0.29, 0.717) is 18.5 Å². The standard InChI is InChI=1S/C11H26N2O2/c1-10(2)11(9-12)13(5-7-14-3)6-8-15-4/h10-11H,5-9,12H2,1-4H3. The van der Waals surface area contributed by atoms with Crippen LogP contribution in [-0.2, 0) is 9.47 Å². The molecule has 0 amide bonds. The minimum Gasteiger partial charge on any atom is -0.383 e. The topological polar surface area (TPSA) is 47.7 Å². The lowest BCUT2D eigenvalue weighted by Crippen LogP contribution is -2.46. The first-order chi connectivity index (χ1) is 7.17. The molecule has 4 nitrogen and oxygen atoms in total. The Hall–Kier alpha value is -0.160. The largest absolute Gasteiger partial charge is 0.383 e. The number of hydrogen-bond donors (Lipinski definition) is 1. The predicted molar refractivity (Wildman–Crippen MR) is 63.0 cm³/mol. The van der Waals surface area contributed by atoms with Gasteiger partial charge in [-0.15, -0.1) is 0 Å². The van der Waals surface area contributed by atoms with E-state index in [2.05, 4.69) is 18.7 Å². The van der Waals surface area contributed by atoms with Crippen molar-refractivity contribution in [1.29, 1.82) is 0 Å². The van der Waals surface area contributed by atoms with E-state index in [1.807, 2.05) is 0 Å². The van der Waals surface area contributed by atoms with Gasteiger partial charge in [-0.2, -0.15) is 0 Å². The third-order valence-corrected chi connectivity index (χ3v) is 2.65. The van der Waals surface area contributed by atoms with Crippen LogP contribution in [0.5, 0.6) is 0 Å². The molecule has 0 aliphatic rings. The zero-order valence-electron chi connectivity index (χ0n) is 10.5. The van der Waals surface area contributed by atoms with Gasteiger partial charge in [0.1, 0.15) is 0 Å². The van der Waals surface area contributed by atoms with E-state index in [9.17, 15) is 0 Å². The zero-order valence-corrected chi connectivity index (χ0v) is 10.5. The van der Waals surface area contributed by atoms with E-state index < -0.39 is 0 Å². The second-order valence-electron chi connectivity index (χ2n) is 4.07. The maximum atomic E-state index is 5.79. The van der Waals surface area contributed by atoms with E-state index in [1.165, 1.54) is 0 Å². The second kappa shape index (κ2) is 9.09. The van der Waals surface area contributed by atoms with E-state index in [4.69, 9.17) is 15.2 Å². The molecule has 0 aliphatic heterocycles. The number of nitrogens with zero attached hydrogens (tertiary/aromatic N) is 1. The predicted octanol–water partition coefficient (Wildman–Crippen LogP) is 0.565. The van der Waals surface area contributed by atoms with Crippen molar-refractivity contribution in [2.75, 3.05) is 47.1 Å². The van der Waals surface area contributed by atoms with Crippen LogP contribution in [0.2, 0.25) is 0 Å². The fraction of sp³-hybridized carbons (Fsp3) is 1.00. The first-order valence-corrected chi connectivity index (χ1v) is 5.59. The molecule has 0 aromatic rings. The lowest BCUT2D eigenvalue weighted by Gasteiger charge is -2.33. The molecule has 0 heterocycles. The fourth-order valence-electron chi connectivity index (χ4n) is 1.70. The van der Waals surface area contributed by atoms with Crippen molar-refractivity contribution >= 4 is 0 Å². The smallest absolute Gasteiger partial charge is 0.0589 e. The van der Waals surface area contributed by atoms with E-state index in [1.54, 1.807) is 14.2 Å². The summed E-state index contributed by atoms with van der Waals surface area (Å²) in [5, 5.41) is 0. The molecule has 2 N–H and O–H groups in total. The van der Waals surface area contributed by atoms with Gasteiger partial charge < -0.3 is 15.2 Å². The van der Waals surface area contributed by atoms with Gasteiger partial charge in [0.15, 0.2) is 0 Å². The molecule has 0 bridgehead atoms. The van der Waals surface area contributed by atoms with E-state index in [0.717, 1.165) is 26.3 Å². The lowest BCUT2D eigenvalue weighted by atomic mass is 10.0. The quantitative estimate of drug-likeness (QED) is 0.614. The molecule has 0 aromatic carbocycles. The maximum Gasteiger partial charge on any atom is 0.0589 e. The fourth-order valence-corrected chi connectivity index (χ4v) is 1.70. The van der Waals surface area contributed by atoms with Crippen molar-refractivity contribution in [2.24, 2.45) is 11.7 Å². The Kier molecular flexibility index (Phi) is 9.00. The number of methoxy groups -OCH3 is 2. The van der Waals surface area contributed by atoms with Crippen LogP contribution in [0.15, 0.2) is 0 Å². The molecule has 1 unspecified atom stereocenters. The summed E-state index contributed by atoms with van der Waals surface area (Å²) in [5.41, 5.74) is 5.79. The highest BCUT2D eigenvalue weighted by atomic mass is 16.5. The van der Waals surface area contributed by atoms with Gasteiger partial charge in [0.2, 0.25) is 0 Å². The number of ether oxygens (including phenoxy) is 2. The summed E-state index contributed by atoms with van der Waals surface area (Å²) in [7, 11) is 3.45. The molecule has 0 aromatic heterocycles. The van der Waals surface area contributed by atoms with Gasteiger partial charge in [0.25, 0.3) is 0 Å². The Morgan fingerprint density at radius 3 is 1.80 bits per heavy atom. The van der Waals surface area contributed by atoms with Crippen molar-refractivity contribution in [3.8, 4) is 0 Å². The van der Waals surface area contributed by atoms with Gasteiger partial charge in [-0.1, -0.05) is 13.8 Å². The summed E-state index contributed by atoms with van der Waals surface area (Å²) in [6.45, 7) is 8.40. The Morgan fingerprint density at radius 1 is 1.07 bits per heavy atom. The van der Waals surface area contributed by atoms with E-state index >= 15 is 0 Å². The number of hydrogen-bond acceptors (Lipinski definition) is 4. The molecule has 92 valence electrons. The van der Waals surface area contributed by atoms with E-state index in [-0.39, 0.29) is 0 Å². The third-order valence-electron chi connectivity index (χ3n) is 2.65. The van der Waals surface area contributed by atoms with Crippen molar-refractivity contribution in [3.05, 3.63) is 0 Å². The molecule has 0 radical (unpaired) electrons. The summed E-state index contributed by atoms with van der Waals surface area (Å²) in [6.07, 6.45) is 0. The van der Waals surface area contributed by atoms with Crippen LogP contribution in [0.25, 0.3) is 0 Å². The summed E-state index contributed by atoms with van der Waals surface area (Å²) >= 11 is 0. The Bertz CT molecular complexity index is 135. The minimum atomic E-state index is 0.412. The maximum absolute atomic E-state index is 5.79. The minimum absolute atomic E-state index is 0.412. The molecule has 15 heavy (non-hydrogen) atoms. The molecule has 0 saturated carbocycles. The summed E-state index contributed by atoms with van der Waals surface area (Å²) < 4.78 is 10.2. The van der Waals surface area contributed by atoms with Crippen LogP contribution < -0.4 is 5.73 Å². The van der Waals surface area contributed by atoms with Crippen molar-refractivity contribution < 1.29 is 9.47 Å². The molecular weight excluding hydrogens is 192 g/mol. The monoisotopic (exact) mass is 218 g/mol.